The Morgan fingerprint density at radius 2 is 2.31 bits per heavy atom. The van der Waals surface area contributed by atoms with Crippen LogP contribution in [0.3, 0.4) is 0 Å². The summed E-state index contributed by atoms with van der Waals surface area (Å²) in [7, 11) is 0. The van der Waals surface area contributed by atoms with Gasteiger partial charge >= 0.3 is 0 Å². The molecule has 0 fully saturated rings. The second kappa shape index (κ2) is 4.69. The lowest BCUT2D eigenvalue weighted by Crippen LogP contribution is -2.05. The maximum absolute atomic E-state index is 5.90. The summed E-state index contributed by atoms with van der Waals surface area (Å²) in [6.45, 7) is 4.94. The third-order valence-corrected chi connectivity index (χ3v) is 3.77. The van der Waals surface area contributed by atoms with Crippen LogP contribution in [0.25, 0.3) is 0 Å². The van der Waals surface area contributed by atoms with E-state index in [2.05, 4.69) is 24.0 Å². The highest BCUT2D eigenvalue weighted by atomic mass is 35.5. The first-order valence-electron chi connectivity index (χ1n) is 4.97. The van der Waals surface area contributed by atoms with Gasteiger partial charge in [0.1, 0.15) is 5.82 Å². The van der Waals surface area contributed by atoms with E-state index in [9.17, 15) is 0 Å². The zero-order valence-corrected chi connectivity index (χ0v) is 11.4. The van der Waals surface area contributed by atoms with Gasteiger partial charge < -0.3 is 0 Å². The van der Waals surface area contributed by atoms with Crippen LogP contribution in [0.5, 0.6) is 0 Å². The molecular weight excluding hydrogens is 262 g/mol. The van der Waals surface area contributed by atoms with Crippen LogP contribution < -0.4 is 0 Å². The SMILES string of the molecule is CC(C)c1n[nH]c(=S)n1Cc1ccc(Cl)s1. The number of aromatic nitrogens is 3. The maximum Gasteiger partial charge on any atom is 0.195 e. The summed E-state index contributed by atoms with van der Waals surface area (Å²) in [5.41, 5.74) is 0. The molecule has 86 valence electrons. The fourth-order valence-corrected chi connectivity index (χ4v) is 2.80. The van der Waals surface area contributed by atoms with Gasteiger partial charge in [-0.15, -0.1) is 11.3 Å². The Kier molecular flexibility index (Phi) is 3.47. The second-order valence-corrected chi connectivity index (χ2v) is 6.02. The number of hydrogen-bond acceptors (Lipinski definition) is 3. The molecule has 6 heteroatoms. The van der Waals surface area contributed by atoms with Crippen LogP contribution in [0.1, 0.15) is 30.5 Å². The van der Waals surface area contributed by atoms with E-state index in [1.54, 1.807) is 11.3 Å². The summed E-state index contributed by atoms with van der Waals surface area (Å²) in [6.07, 6.45) is 0. The Morgan fingerprint density at radius 1 is 1.56 bits per heavy atom. The standard InChI is InChI=1S/C10H12ClN3S2/c1-6(2)9-12-13-10(15)14(9)5-7-3-4-8(11)16-7/h3-4,6H,5H2,1-2H3,(H,13,15). The molecule has 0 saturated carbocycles. The minimum Gasteiger partial charge on any atom is -0.299 e. The molecule has 2 heterocycles. The van der Waals surface area contributed by atoms with Crippen LogP contribution in [0.4, 0.5) is 0 Å². The molecule has 0 unspecified atom stereocenters. The van der Waals surface area contributed by atoms with Gasteiger partial charge in [-0.1, -0.05) is 25.4 Å². The fraction of sp³-hybridized carbons (Fsp3) is 0.400. The lowest BCUT2D eigenvalue weighted by Gasteiger charge is -2.07. The van der Waals surface area contributed by atoms with Gasteiger partial charge in [-0.05, 0) is 24.4 Å². The number of nitrogens with one attached hydrogen (secondary N) is 1. The van der Waals surface area contributed by atoms with Crippen molar-refractivity contribution < 1.29 is 0 Å². The summed E-state index contributed by atoms with van der Waals surface area (Å²) in [5.74, 6) is 1.33. The molecule has 0 bridgehead atoms. The number of H-pyrrole nitrogens is 1. The minimum atomic E-state index is 0.350. The summed E-state index contributed by atoms with van der Waals surface area (Å²) >= 11 is 12.7. The van der Waals surface area contributed by atoms with Gasteiger partial charge in [0, 0.05) is 10.8 Å². The van der Waals surface area contributed by atoms with E-state index in [0.29, 0.717) is 10.7 Å². The molecular formula is C10H12ClN3S2. The number of aromatic amines is 1. The molecule has 0 atom stereocenters. The van der Waals surface area contributed by atoms with Gasteiger partial charge in [-0.3, -0.25) is 9.67 Å². The van der Waals surface area contributed by atoms with Crippen LogP contribution in [0, 0.1) is 4.77 Å². The maximum atomic E-state index is 5.90. The van der Waals surface area contributed by atoms with Gasteiger partial charge in [-0.25, -0.2) is 0 Å². The zero-order chi connectivity index (χ0) is 11.7. The lowest BCUT2D eigenvalue weighted by molar-refractivity contribution is 0.669. The summed E-state index contributed by atoms with van der Waals surface area (Å²) in [4.78, 5) is 1.18. The van der Waals surface area contributed by atoms with Crippen molar-refractivity contribution in [3.63, 3.8) is 0 Å². The Balaban J connectivity index is 2.33. The quantitative estimate of drug-likeness (QED) is 0.863. The van der Waals surface area contributed by atoms with Crippen molar-refractivity contribution in [2.75, 3.05) is 0 Å². The first-order valence-corrected chi connectivity index (χ1v) is 6.57. The molecule has 0 spiro atoms. The van der Waals surface area contributed by atoms with Crippen molar-refractivity contribution in [1.29, 1.82) is 0 Å². The van der Waals surface area contributed by atoms with Crippen molar-refractivity contribution >= 4 is 35.2 Å². The molecule has 2 rings (SSSR count). The number of nitrogens with zero attached hydrogens (tertiary/aromatic N) is 2. The fourth-order valence-electron chi connectivity index (χ4n) is 1.52. The molecule has 3 nitrogen and oxygen atoms in total. The van der Waals surface area contributed by atoms with Gasteiger partial charge in [0.25, 0.3) is 0 Å². The van der Waals surface area contributed by atoms with Crippen molar-refractivity contribution in [3.05, 3.63) is 31.9 Å². The van der Waals surface area contributed by atoms with Crippen LogP contribution in [0.2, 0.25) is 4.34 Å². The molecule has 16 heavy (non-hydrogen) atoms. The van der Waals surface area contributed by atoms with E-state index in [4.69, 9.17) is 23.8 Å². The highest BCUT2D eigenvalue weighted by Crippen LogP contribution is 2.23. The van der Waals surface area contributed by atoms with E-state index in [1.807, 2.05) is 16.7 Å². The van der Waals surface area contributed by atoms with Gasteiger partial charge in [0.2, 0.25) is 0 Å². The van der Waals surface area contributed by atoms with Gasteiger partial charge in [0.05, 0.1) is 10.9 Å². The van der Waals surface area contributed by atoms with E-state index in [0.717, 1.165) is 16.7 Å². The average molecular weight is 274 g/mol. The second-order valence-electron chi connectivity index (χ2n) is 3.83. The molecule has 0 saturated heterocycles. The first-order chi connectivity index (χ1) is 7.58. The largest absolute Gasteiger partial charge is 0.299 e. The third-order valence-electron chi connectivity index (χ3n) is 2.25. The summed E-state index contributed by atoms with van der Waals surface area (Å²) < 4.78 is 3.48. The minimum absolute atomic E-state index is 0.350. The predicted molar refractivity (Wildman–Crippen MR) is 69.9 cm³/mol. The van der Waals surface area contributed by atoms with E-state index in [-0.39, 0.29) is 0 Å². The molecule has 0 amide bonds. The average Bonchev–Trinajstić information content (AvgIpc) is 2.76. The molecule has 0 radical (unpaired) electrons. The van der Waals surface area contributed by atoms with Crippen molar-refractivity contribution in [1.82, 2.24) is 14.8 Å². The molecule has 1 N–H and O–H groups in total. The van der Waals surface area contributed by atoms with Gasteiger partial charge in [0.15, 0.2) is 4.77 Å². The normalized spacial score (nSPS) is 11.2. The smallest absolute Gasteiger partial charge is 0.195 e. The summed E-state index contributed by atoms with van der Waals surface area (Å²) in [5, 5.41) is 7.07. The molecule has 0 aliphatic carbocycles. The Morgan fingerprint density at radius 3 is 2.88 bits per heavy atom. The van der Waals surface area contributed by atoms with Crippen LogP contribution in [-0.2, 0) is 6.54 Å². The van der Waals surface area contributed by atoms with Crippen molar-refractivity contribution in [2.24, 2.45) is 0 Å². The molecule has 2 aromatic heterocycles. The predicted octanol–water partition coefficient (Wildman–Crippen LogP) is 3.83. The first kappa shape index (κ1) is 11.8. The Hall–Kier alpha value is -0.650. The number of halogens is 1. The highest BCUT2D eigenvalue weighted by molar-refractivity contribution is 7.71. The molecule has 0 aliphatic heterocycles. The van der Waals surface area contributed by atoms with E-state index < -0.39 is 0 Å². The Labute approximate surface area is 108 Å². The zero-order valence-electron chi connectivity index (χ0n) is 9.03. The number of rotatable bonds is 3. The van der Waals surface area contributed by atoms with E-state index >= 15 is 0 Å². The van der Waals surface area contributed by atoms with Crippen LogP contribution in [-0.4, -0.2) is 14.8 Å². The number of thiophene rings is 1. The van der Waals surface area contributed by atoms with Crippen LogP contribution in [0.15, 0.2) is 12.1 Å². The van der Waals surface area contributed by atoms with E-state index in [1.165, 1.54) is 4.88 Å². The summed E-state index contributed by atoms with van der Waals surface area (Å²) in [6, 6.07) is 3.92. The third kappa shape index (κ3) is 2.36. The van der Waals surface area contributed by atoms with Crippen LogP contribution >= 0.6 is 35.2 Å². The number of hydrogen-bond donors (Lipinski definition) is 1. The topological polar surface area (TPSA) is 33.6 Å². The molecule has 2 aromatic rings. The molecule has 0 aromatic carbocycles. The highest BCUT2D eigenvalue weighted by Gasteiger charge is 2.11. The van der Waals surface area contributed by atoms with Crippen molar-refractivity contribution in [2.45, 2.75) is 26.3 Å². The van der Waals surface area contributed by atoms with Gasteiger partial charge in [-0.2, -0.15) is 5.10 Å². The Bertz CT molecular complexity index is 538. The molecule has 0 aliphatic rings. The van der Waals surface area contributed by atoms with Crippen molar-refractivity contribution in [3.8, 4) is 0 Å². The monoisotopic (exact) mass is 273 g/mol. The lowest BCUT2D eigenvalue weighted by atomic mass is 10.2.